The molecule has 0 spiro atoms. The Kier molecular flexibility index (Phi) is 6.95. The van der Waals surface area contributed by atoms with Crippen molar-refractivity contribution in [1.29, 1.82) is 0 Å². The van der Waals surface area contributed by atoms with E-state index in [1.54, 1.807) is 0 Å². The summed E-state index contributed by atoms with van der Waals surface area (Å²) in [6.07, 6.45) is -6.15. The van der Waals surface area contributed by atoms with Crippen molar-refractivity contribution in [1.82, 2.24) is 0 Å². The molecule has 1 unspecified atom stereocenters. The fourth-order valence-corrected chi connectivity index (χ4v) is 4.74. The van der Waals surface area contributed by atoms with E-state index in [4.69, 9.17) is 25.8 Å². The number of aliphatic hydroxyl groups excluding tert-OH is 4. The van der Waals surface area contributed by atoms with Gasteiger partial charge in [0.1, 0.15) is 42.0 Å². The SMILES string of the molecule is CCOc1ccc(Cc2cc([C@@H]3O[C@H](C(C)O)[C@@H](O)[C@H](O)[C@H]3O)c3c(c2Cl)OCC3)cc1. The van der Waals surface area contributed by atoms with E-state index in [1.807, 2.05) is 37.3 Å². The number of hydrogen-bond donors (Lipinski definition) is 4. The molecule has 6 atom stereocenters. The molecule has 2 aromatic carbocycles. The maximum atomic E-state index is 10.7. The summed E-state index contributed by atoms with van der Waals surface area (Å²) < 4.78 is 17.2. The highest BCUT2D eigenvalue weighted by Crippen LogP contribution is 2.45. The predicted octanol–water partition coefficient (Wildman–Crippen LogP) is 2.17. The number of rotatable bonds is 6. The first kappa shape index (κ1) is 23.3. The zero-order valence-electron chi connectivity index (χ0n) is 18.1. The van der Waals surface area contributed by atoms with Crippen molar-refractivity contribution in [3.8, 4) is 11.5 Å². The molecular weight excluding hydrogens is 436 g/mol. The number of benzene rings is 2. The maximum absolute atomic E-state index is 10.7. The smallest absolute Gasteiger partial charge is 0.141 e. The Morgan fingerprint density at radius 1 is 1.12 bits per heavy atom. The Hall–Kier alpha value is -1.87. The van der Waals surface area contributed by atoms with Crippen LogP contribution < -0.4 is 9.47 Å². The van der Waals surface area contributed by atoms with Gasteiger partial charge in [0.2, 0.25) is 0 Å². The van der Waals surface area contributed by atoms with Gasteiger partial charge >= 0.3 is 0 Å². The molecule has 2 aliphatic heterocycles. The number of fused-ring (bicyclic) bond motifs is 1. The van der Waals surface area contributed by atoms with Crippen LogP contribution in [0.2, 0.25) is 5.02 Å². The molecule has 8 heteroatoms. The lowest BCUT2D eigenvalue weighted by molar-refractivity contribution is -0.243. The molecule has 174 valence electrons. The molecule has 4 rings (SSSR count). The van der Waals surface area contributed by atoms with Crippen molar-refractivity contribution in [2.24, 2.45) is 0 Å². The molecule has 0 saturated carbocycles. The largest absolute Gasteiger partial charge is 0.494 e. The minimum atomic E-state index is -1.46. The van der Waals surface area contributed by atoms with Crippen LogP contribution in [0.1, 0.15) is 42.2 Å². The Balaban J connectivity index is 1.70. The number of hydrogen-bond acceptors (Lipinski definition) is 7. The molecule has 1 fully saturated rings. The number of ether oxygens (including phenoxy) is 3. The topological polar surface area (TPSA) is 109 Å². The lowest BCUT2D eigenvalue weighted by Gasteiger charge is -2.42. The number of aliphatic hydroxyl groups is 4. The maximum Gasteiger partial charge on any atom is 0.141 e. The third-order valence-corrected chi connectivity index (χ3v) is 6.51. The molecule has 1 saturated heterocycles. The lowest BCUT2D eigenvalue weighted by Crippen LogP contribution is -2.57. The van der Waals surface area contributed by atoms with Crippen molar-refractivity contribution in [2.75, 3.05) is 13.2 Å². The average molecular weight is 465 g/mol. The van der Waals surface area contributed by atoms with Crippen molar-refractivity contribution in [3.63, 3.8) is 0 Å². The van der Waals surface area contributed by atoms with Gasteiger partial charge in [-0.25, -0.2) is 0 Å². The van der Waals surface area contributed by atoms with Crippen LogP contribution in [0.3, 0.4) is 0 Å². The molecule has 0 amide bonds. The van der Waals surface area contributed by atoms with Gasteiger partial charge in [0, 0.05) is 12.0 Å². The van der Waals surface area contributed by atoms with Crippen molar-refractivity contribution in [3.05, 3.63) is 57.6 Å². The summed E-state index contributed by atoms with van der Waals surface area (Å²) in [5.74, 6) is 1.34. The fraction of sp³-hybridized carbons (Fsp3) is 0.500. The van der Waals surface area contributed by atoms with Gasteiger partial charge < -0.3 is 34.6 Å². The third-order valence-electron chi connectivity index (χ3n) is 6.09. The zero-order chi connectivity index (χ0) is 23.0. The van der Waals surface area contributed by atoms with Gasteiger partial charge in [-0.05, 0) is 49.1 Å². The van der Waals surface area contributed by atoms with E-state index < -0.39 is 36.6 Å². The van der Waals surface area contributed by atoms with E-state index >= 15 is 0 Å². The molecule has 0 aromatic heterocycles. The van der Waals surface area contributed by atoms with Gasteiger partial charge in [-0.15, -0.1) is 0 Å². The molecule has 2 aromatic rings. The first-order chi connectivity index (χ1) is 15.3. The Morgan fingerprint density at radius 2 is 1.84 bits per heavy atom. The minimum absolute atomic E-state index is 0.447. The van der Waals surface area contributed by atoms with E-state index in [9.17, 15) is 20.4 Å². The molecule has 2 heterocycles. The second-order valence-corrected chi connectivity index (χ2v) is 8.71. The van der Waals surface area contributed by atoms with Crippen LogP contribution in [0.5, 0.6) is 11.5 Å². The summed E-state index contributed by atoms with van der Waals surface area (Å²) in [6, 6.07) is 9.59. The summed E-state index contributed by atoms with van der Waals surface area (Å²) in [4.78, 5) is 0. The van der Waals surface area contributed by atoms with E-state index in [0.717, 1.165) is 22.4 Å². The third kappa shape index (κ3) is 4.33. The highest BCUT2D eigenvalue weighted by Gasteiger charge is 2.47. The summed E-state index contributed by atoms with van der Waals surface area (Å²) in [5.41, 5.74) is 3.26. The van der Waals surface area contributed by atoms with Crippen molar-refractivity contribution < 1.29 is 34.6 Å². The van der Waals surface area contributed by atoms with Crippen LogP contribution >= 0.6 is 11.6 Å². The molecule has 0 aliphatic carbocycles. The number of halogens is 1. The Morgan fingerprint density at radius 3 is 2.50 bits per heavy atom. The monoisotopic (exact) mass is 464 g/mol. The summed E-state index contributed by atoms with van der Waals surface area (Å²) in [7, 11) is 0. The molecule has 0 bridgehead atoms. The van der Waals surface area contributed by atoms with Gasteiger partial charge in [-0.3, -0.25) is 0 Å². The predicted molar refractivity (Wildman–Crippen MR) is 118 cm³/mol. The highest BCUT2D eigenvalue weighted by atomic mass is 35.5. The molecule has 0 radical (unpaired) electrons. The highest BCUT2D eigenvalue weighted by molar-refractivity contribution is 6.33. The molecule has 4 N–H and O–H groups in total. The average Bonchev–Trinajstić information content (AvgIpc) is 3.26. The normalized spacial score (nSPS) is 28.2. The Bertz CT molecular complexity index is 946. The van der Waals surface area contributed by atoms with Crippen LogP contribution in [0, 0.1) is 0 Å². The van der Waals surface area contributed by atoms with E-state index in [2.05, 4.69) is 0 Å². The molecular formula is C24H29ClO7. The van der Waals surface area contributed by atoms with Crippen LogP contribution in [-0.4, -0.2) is 64.2 Å². The minimum Gasteiger partial charge on any atom is -0.494 e. The van der Waals surface area contributed by atoms with Gasteiger partial charge in [-0.1, -0.05) is 29.8 Å². The quantitative estimate of drug-likeness (QED) is 0.518. The second kappa shape index (κ2) is 9.55. The molecule has 7 nitrogen and oxygen atoms in total. The first-order valence-electron chi connectivity index (χ1n) is 10.9. The van der Waals surface area contributed by atoms with Crippen molar-refractivity contribution >= 4 is 11.6 Å². The summed E-state index contributed by atoms with van der Waals surface area (Å²) in [6.45, 7) is 4.44. The van der Waals surface area contributed by atoms with Gasteiger partial charge in [-0.2, -0.15) is 0 Å². The van der Waals surface area contributed by atoms with E-state index in [-0.39, 0.29) is 0 Å². The summed E-state index contributed by atoms with van der Waals surface area (Å²) >= 11 is 6.68. The van der Waals surface area contributed by atoms with Crippen LogP contribution in [0.15, 0.2) is 30.3 Å². The zero-order valence-corrected chi connectivity index (χ0v) is 18.8. The first-order valence-corrected chi connectivity index (χ1v) is 11.3. The standard InChI is InChI=1S/C24H29ClO7/c1-3-30-15-6-4-13(5-7-15)10-14-11-17(16-8-9-31-23(16)18(14)25)24-21(29)19(27)20(28)22(32-24)12(2)26/h4-7,11-12,19-22,24,26-29H,3,8-10H2,1-2H3/t12?,19-,20-,21+,22+,24-/m0/s1. The molecule has 2 aliphatic rings. The fourth-order valence-electron chi connectivity index (χ4n) is 4.45. The van der Waals surface area contributed by atoms with Crippen LogP contribution in [-0.2, 0) is 17.6 Å². The van der Waals surface area contributed by atoms with Gasteiger partial charge in [0.05, 0.1) is 24.3 Å². The lowest BCUT2D eigenvalue weighted by atomic mass is 9.86. The van der Waals surface area contributed by atoms with Gasteiger partial charge in [0.15, 0.2) is 0 Å². The molecule has 32 heavy (non-hydrogen) atoms. The van der Waals surface area contributed by atoms with Crippen LogP contribution in [0.4, 0.5) is 0 Å². The van der Waals surface area contributed by atoms with E-state index in [1.165, 1.54) is 6.92 Å². The van der Waals surface area contributed by atoms with Crippen molar-refractivity contribution in [2.45, 2.75) is 63.3 Å². The van der Waals surface area contributed by atoms with E-state index in [0.29, 0.717) is 42.4 Å². The summed E-state index contributed by atoms with van der Waals surface area (Å²) in [5, 5.41) is 41.9. The van der Waals surface area contributed by atoms with Gasteiger partial charge in [0.25, 0.3) is 0 Å². The Labute approximate surface area is 192 Å². The van der Waals surface area contributed by atoms with Crippen LogP contribution in [0.25, 0.3) is 0 Å². The second-order valence-electron chi connectivity index (χ2n) is 8.33.